The molecule has 2 aromatic rings. The van der Waals surface area contributed by atoms with Gasteiger partial charge in [0.25, 0.3) is 0 Å². The van der Waals surface area contributed by atoms with Crippen LogP contribution in [0.3, 0.4) is 0 Å². The number of ether oxygens (including phenoxy) is 1. The molecule has 18 heavy (non-hydrogen) atoms. The predicted octanol–water partition coefficient (Wildman–Crippen LogP) is 3.33. The maximum atomic E-state index is 5.29. The standard InChI is InChI=1S/C13H15N3OS/c1-8(2)11-12(15-7-16-13(11)18)9-4-5-10(17-3)14-6-9/h4-8H,1-3H3,(H,15,16,18). The first-order valence-electron chi connectivity index (χ1n) is 5.71. The van der Waals surface area contributed by atoms with Gasteiger partial charge in [0, 0.05) is 23.4 Å². The van der Waals surface area contributed by atoms with Gasteiger partial charge in [0.1, 0.15) is 4.64 Å². The molecule has 0 atom stereocenters. The van der Waals surface area contributed by atoms with Gasteiger partial charge in [0.05, 0.1) is 19.1 Å². The molecule has 2 aromatic heterocycles. The summed E-state index contributed by atoms with van der Waals surface area (Å²) in [6.07, 6.45) is 3.39. The maximum absolute atomic E-state index is 5.29. The molecular weight excluding hydrogens is 246 g/mol. The molecule has 0 saturated carbocycles. The summed E-state index contributed by atoms with van der Waals surface area (Å²) < 4.78 is 5.69. The first-order chi connectivity index (χ1) is 8.63. The van der Waals surface area contributed by atoms with Crippen molar-refractivity contribution in [1.82, 2.24) is 15.0 Å². The molecule has 5 heteroatoms. The van der Waals surface area contributed by atoms with E-state index in [9.17, 15) is 0 Å². The fraction of sp³-hybridized carbons (Fsp3) is 0.308. The highest BCUT2D eigenvalue weighted by molar-refractivity contribution is 7.71. The van der Waals surface area contributed by atoms with Gasteiger partial charge in [0.15, 0.2) is 0 Å². The lowest BCUT2D eigenvalue weighted by molar-refractivity contribution is 0.398. The lowest BCUT2D eigenvalue weighted by Gasteiger charge is -2.12. The van der Waals surface area contributed by atoms with Crippen LogP contribution in [-0.4, -0.2) is 22.1 Å². The van der Waals surface area contributed by atoms with Crippen LogP contribution in [-0.2, 0) is 0 Å². The predicted molar refractivity (Wildman–Crippen MR) is 73.3 cm³/mol. The molecule has 0 bridgehead atoms. The van der Waals surface area contributed by atoms with Crippen LogP contribution >= 0.6 is 12.2 Å². The van der Waals surface area contributed by atoms with Crippen LogP contribution in [0.25, 0.3) is 11.3 Å². The van der Waals surface area contributed by atoms with E-state index >= 15 is 0 Å². The average Bonchev–Trinajstić information content (AvgIpc) is 2.38. The minimum atomic E-state index is 0.305. The van der Waals surface area contributed by atoms with Crippen LogP contribution in [0, 0.1) is 4.64 Å². The number of pyridine rings is 1. The summed E-state index contributed by atoms with van der Waals surface area (Å²) in [5.41, 5.74) is 2.99. The Labute approximate surface area is 111 Å². The van der Waals surface area contributed by atoms with Gasteiger partial charge >= 0.3 is 0 Å². The van der Waals surface area contributed by atoms with E-state index in [0.717, 1.165) is 16.8 Å². The zero-order chi connectivity index (χ0) is 13.1. The highest BCUT2D eigenvalue weighted by Crippen LogP contribution is 2.27. The molecule has 0 aliphatic carbocycles. The number of hydrogen-bond donors (Lipinski definition) is 1. The third kappa shape index (κ3) is 2.41. The summed E-state index contributed by atoms with van der Waals surface area (Å²) in [4.78, 5) is 11.5. The van der Waals surface area contributed by atoms with Crippen LogP contribution in [0.15, 0.2) is 24.7 Å². The summed E-state index contributed by atoms with van der Waals surface area (Å²) in [5, 5.41) is 0. The van der Waals surface area contributed by atoms with Crippen molar-refractivity contribution in [3.8, 4) is 17.1 Å². The van der Waals surface area contributed by atoms with E-state index in [1.807, 2.05) is 12.1 Å². The van der Waals surface area contributed by atoms with E-state index < -0.39 is 0 Å². The lowest BCUT2D eigenvalue weighted by Crippen LogP contribution is -1.99. The number of rotatable bonds is 3. The fourth-order valence-electron chi connectivity index (χ4n) is 1.83. The number of nitrogens with zero attached hydrogens (tertiary/aromatic N) is 2. The van der Waals surface area contributed by atoms with Crippen molar-refractivity contribution in [2.45, 2.75) is 19.8 Å². The number of H-pyrrole nitrogens is 1. The van der Waals surface area contributed by atoms with Crippen LogP contribution in [0.2, 0.25) is 0 Å². The van der Waals surface area contributed by atoms with Crippen molar-refractivity contribution in [2.75, 3.05) is 7.11 Å². The van der Waals surface area contributed by atoms with E-state index in [2.05, 4.69) is 28.8 Å². The van der Waals surface area contributed by atoms with Gasteiger partial charge in [-0.25, -0.2) is 9.97 Å². The van der Waals surface area contributed by atoms with Crippen molar-refractivity contribution in [3.05, 3.63) is 34.9 Å². The molecule has 0 spiro atoms. The zero-order valence-electron chi connectivity index (χ0n) is 10.6. The molecule has 0 saturated heterocycles. The molecule has 0 aromatic carbocycles. The molecule has 2 rings (SSSR count). The van der Waals surface area contributed by atoms with Crippen molar-refractivity contribution >= 4 is 12.2 Å². The van der Waals surface area contributed by atoms with E-state index in [0.29, 0.717) is 16.4 Å². The number of methoxy groups -OCH3 is 1. The Bertz CT molecular complexity index is 590. The Morgan fingerprint density at radius 3 is 2.61 bits per heavy atom. The van der Waals surface area contributed by atoms with Gasteiger partial charge in [-0.1, -0.05) is 26.1 Å². The Kier molecular flexibility index (Phi) is 3.72. The minimum Gasteiger partial charge on any atom is -0.481 e. The van der Waals surface area contributed by atoms with Crippen LogP contribution < -0.4 is 4.74 Å². The van der Waals surface area contributed by atoms with Crippen molar-refractivity contribution in [3.63, 3.8) is 0 Å². The van der Waals surface area contributed by atoms with Crippen LogP contribution in [0.4, 0.5) is 0 Å². The van der Waals surface area contributed by atoms with E-state index in [1.165, 1.54) is 0 Å². The number of aromatic amines is 1. The van der Waals surface area contributed by atoms with Crippen molar-refractivity contribution in [2.24, 2.45) is 0 Å². The summed E-state index contributed by atoms with van der Waals surface area (Å²) in [6, 6.07) is 3.79. The smallest absolute Gasteiger partial charge is 0.212 e. The quantitative estimate of drug-likeness (QED) is 0.861. The highest BCUT2D eigenvalue weighted by atomic mass is 32.1. The molecule has 4 nitrogen and oxygen atoms in total. The molecular formula is C13H15N3OS. The molecule has 2 heterocycles. The maximum Gasteiger partial charge on any atom is 0.212 e. The Morgan fingerprint density at radius 1 is 1.28 bits per heavy atom. The van der Waals surface area contributed by atoms with Gasteiger partial charge in [-0.05, 0) is 12.0 Å². The topological polar surface area (TPSA) is 50.8 Å². The van der Waals surface area contributed by atoms with Gasteiger partial charge in [-0.2, -0.15) is 0 Å². The Hall–Kier alpha value is -1.75. The Morgan fingerprint density at radius 2 is 2.06 bits per heavy atom. The van der Waals surface area contributed by atoms with Crippen molar-refractivity contribution < 1.29 is 4.74 Å². The Balaban J connectivity index is 2.56. The zero-order valence-corrected chi connectivity index (χ0v) is 11.4. The van der Waals surface area contributed by atoms with E-state index in [4.69, 9.17) is 17.0 Å². The molecule has 1 N–H and O–H groups in total. The highest BCUT2D eigenvalue weighted by Gasteiger charge is 2.12. The van der Waals surface area contributed by atoms with Gasteiger partial charge in [-0.15, -0.1) is 0 Å². The molecule has 0 aliphatic heterocycles. The largest absolute Gasteiger partial charge is 0.481 e. The molecule has 0 amide bonds. The summed E-state index contributed by atoms with van der Waals surface area (Å²) in [5.74, 6) is 0.900. The van der Waals surface area contributed by atoms with Crippen LogP contribution in [0.1, 0.15) is 25.3 Å². The van der Waals surface area contributed by atoms with Gasteiger partial charge < -0.3 is 9.72 Å². The number of nitrogens with one attached hydrogen (secondary N) is 1. The first kappa shape index (κ1) is 12.7. The third-order valence-corrected chi connectivity index (χ3v) is 3.03. The molecule has 0 aliphatic rings. The van der Waals surface area contributed by atoms with Gasteiger partial charge in [0.2, 0.25) is 5.88 Å². The average molecular weight is 261 g/mol. The number of hydrogen-bond acceptors (Lipinski definition) is 4. The van der Waals surface area contributed by atoms with E-state index in [-0.39, 0.29) is 0 Å². The van der Waals surface area contributed by atoms with E-state index in [1.54, 1.807) is 19.6 Å². The first-order valence-corrected chi connectivity index (χ1v) is 6.12. The number of aromatic nitrogens is 3. The molecule has 0 unspecified atom stereocenters. The fourth-order valence-corrected chi connectivity index (χ4v) is 2.22. The summed E-state index contributed by atoms with van der Waals surface area (Å²) >= 11 is 5.29. The third-order valence-electron chi connectivity index (χ3n) is 2.70. The monoisotopic (exact) mass is 261 g/mol. The second-order valence-corrected chi connectivity index (χ2v) is 4.63. The normalized spacial score (nSPS) is 10.7. The molecule has 0 radical (unpaired) electrons. The molecule has 94 valence electrons. The summed E-state index contributed by atoms with van der Waals surface area (Å²) in [7, 11) is 1.60. The lowest BCUT2D eigenvalue weighted by atomic mass is 10.00. The van der Waals surface area contributed by atoms with Crippen LogP contribution in [0.5, 0.6) is 5.88 Å². The second-order valence-electron chi connectivity index (χ2n) is 4.24. The second kappa shape index (κ2) is 5.27. The van der Waals surface area contributed by atoms with Gasteiger partial charge in [-0.3, -0.25) is 0 Å². The van der Waals surface area contributed by atoms with Crippen molar-refractivity contribution in [1.29, 1.82) is 0 Å². The molecule has 0 fully saturated rings. The summed E-state index contributed by atoms with van der Waals surface area (Å²) in [6.45, 7) is 4.20. The SMILES string of the molecule is COc1ccc(-c2[nH]cnc(=S)c2C(C)C)cn1. The minimum absolute atomic E-state index is 0.305.